The molecule has 10 heteroatoms. The second kappa shape index (κ2) is 7.13. The molecule has 9 nitrogen and oxygen atoms in total. The zero-order chi connectivity index (χ0) is 20.7. The number of benzene rings is 1. The van der Waals surface area contributed by atoms with Gasteiger partial charge in [0.2, 0.25) is 5.91 Å². The van der Waals surface area contributed by atoms with Crippen LogP contribution < -0.4 is 16.6 Å². The van der Waals surface area contributed by atoms with Gasteiger partial charge < -0.3 is 9.88 Å². The van der Waals surface area contributed by atoms with E-state index in [-0.39, 0.29) is 23.6 Å². The minimum absolute atomic E-state index is 0.107. The van der Waals surface area contributed by atoms with E-state index in [4.69, 9.17) is 0 Å². The Labute approximate surface area is 168 Å². The van der Waals surface area contributed by atoms with Gasteiger partial charge in [0, 0.05) is 30.7 Å². The highest BCUT2D eigenvalue weighted by molar-refractivity contribution is 7.09. The molecule has 0 atom stereocenters. The van der Waals surface area contributed by atoms with Gasteiger partial charge in [-0.3, -0.25) is 18.7 Å². The van der Waals surface area contributed by atoms with Crippen LogP contribution in [0.4, 0.5) is 5.69 Å². The number of nitrogens with zero attached hydrogens (tertiary/aromatic N) is 5. The van der Waals surface area contributed by atoms with Crippen LogP contribution in [0, 0.1) is 6.92 Å². The fraction of sp³-hybridized carbons (Fsp3) is 0.211. The van der Waals surface area contributed by atoms with Crippen LogP contribution in [0.3, 0.4) is 0 Å². The first kappa shape index (κ1) is 18.8. The molecule has 1 amide bonds. The van der Waals surface area contributed by atoms with Crippen LogP contribution in [0.5, 0.6) is 0 Å². The molecule has 148 valence electrons. The topological polar surface area (TPSA) is 104 Å². The second-order valence-corrected chi connectivity index (χ2v) is 7.69. The number of amides is 1. The van der Waals surface area contributed by atoms with E-state index in [1.54, 1.807) is 17.4 Å². The number of hydrogen-bond acceptors (Lipinski definition) is 6. The fourth-order valence-electron chi connectivity index (χ4n) is 3.12. The molecular weight excluding hydrogens is 392 g/mol. The molecule has 0 aliphatic rings. The van der Waals surface area contributed by atoms with E-state index >= 15 is 0 Å². The SMILES string of the molecule is Cc1nc(-c2cccc(NC(=O)Cn3cnc4c3c(=O)n(C)c(=O)n4C)c2)cs1. The molecule has 0 saturated carbocycles. The summed E-state index contributed by atoms with van der Waals surface area (Å²) in [5.41, 5.74) is 1.88. The van der Waals surface area contributed by atoms with E-state index in [0.29, 0.717) is 5.69 Å². The van der Waals surface area contributed by atoms with E-state index in [1.807, 2.05) is 30.5 Å². The maximum atomic E-state index is 12.6. The third-order valence-corrected chi connectivity index (χ3v) is 5.37. The monoisotopic (exact) mass is 410 g/mol. The molecule has 4 aromatic rings. The number of carbonyl (C=O) groups is 1. The number of anilines is 1. The zero-order valence-corrected chi connectivity index (χ0v) is 16.9. The summed E-state index contributed by atoms with van der Waals surface area (Å²) in [6.45, 7) is 1.83. The molecule has 0 bridgehead atoms. The Balaban J connectivity index is 1.60. The first-order valence-electron chi connectivity index (χ1n) is 8.78. The van der Waals surface area contributed by atoms with Gasteiger partial charge in [0.15, 0.2) is 11.2 Å². The number of aromatic nitrogens is 5. The highest BCUT2D eigenvalue weighted by Crippen LogP contribution is 2.24. The molecule has 0 radical (unpaired) electrons. The van der Waals surface area contributed by atoms with E-state index < -0.39 is 11.2 Å². The Morgan fingerprint density at radius 3 is 2.72 bits per heavy atom. The average molecular weight is 410 g/mol. The van der Waals surface area contributed by atoms with Crippen molar-refractivity contribution in [2.24, 2.45) is 14.1 Å². The van der Waals surface area contributed by atoms with Crippen molar-refractivity contribution < 1.29 is 4.79 Å². The number of thiazole rings is 1. The number of fused-ring (bicyclic) bond motifs is 1. The molecule has 0 unspecified atom stereocenters. The first-order chi connectivity index (χ1) is 13.8. The number of carbonyl (C=O) groups excluding carboxylic acids is 1. The van der Waals surface area contributed by atoms with Crippen molar-refractivity contribution in [1.29, 1.82) is 0 Å². The van der Waals surface area contributed by atoms with Crippen LogP contribution in [0.2, 0.25) is 0 Å². The Morgan fingerprint density at radius 1 is 1.21 bits per heavy atom. The Kier molecular flexibility index (Phi) is 4.63. The minimum atomic E-state index is -0.491. The lowest BCUT2D eigenvalue weighted by molar-refractivity contribution is -0.116. The Hall–Kier alpha value is -3.53. The molecule has 1 N–H and O–H groups in total. The summed E-state index contributed by atoms with van der Waals surface area (Å²) >= 11 is 1.56. The summed E-state index contributed by atoms with van der Waals surface area (Å²) < 4.78 is 3.72. The standard InChI is InChI=1S/C19H18N6O3S/c1-11-21-14(9-29-11)12-5-4-6-13(7-12)22-15(26)8-25-10-20-17-16(25)18(27)24(3)19(28)23(17)2/h4-7,9-10H,8H2,1-3H3,(H,22,26). The van der Waals surface area contributed by atoms with E-state index in [9.17, 15) is 14.4 Å². The van der Waals surface area contributed by atoms with Crippen molar-refractivity contribution in [3.63, 3.8) is 0 Å². The van der Waals surface area contributed by atoms with Crippen LogP contribution in [0.15, 0.2) is 45.6 Å². The summed E-state index contributed by atoms with van der Waals surface area (Å²) in [4.78, 5) is 45.7. The molecule has 4 rings (SSSR count). The summed E-state index contributed by atoms with van der Waals surface area (Å²) in [6.07, 6.45) is 1.39. The van der Waals surface area contributed by atoms with Crippen LogP contribution >= 0.6 is 11.3 Å². The minimum Gasteiger partial charge on any atom is -0.325 e. The normalized spacial score (nSPS) is 11.1. The van der Waals surface area contributed by atoms with Crippen LogP contribution in [0.1, 0.15) is 5.01 Å². The highest BCUT2D eigenvalue weighted by atomic mass is 32.1. The quantitative estimate of drug-likeness (QED) is 0.549. The van der Waals surface area contributed by atoms with Gasteiger partial charge in [-0.25, -0.2) is 14.8 Å². The fourth-order valence-corrected chi connectivity index (χ4v) is 3.75. The molecule has 3 heterocycles. The van der Waals surface area contributed by atoms with Crippen molar-refractivity contribution in [2.75, 3.05) is 5.32 Å². The molecule has 0 aliphatic carbocycles. The van der Waals surface area contributed by atoms with Gasteiger partial charge in [0.1, 0.15) is 6.54 Å². The maximum absolute atomic E-state index is 12.6. The van der Waals surface area contributed by atoms with Gasteiger partial charge in [-0.15, -0.1) is 11.3 Å². The summed E-state index contributed by atoms with van der Waals surface area (Å²) in [5, 5.41) is 5.77. The molecular formula is C19H18N6O3S. The molecule has 3 aromatic heterocycles. The number of rotatable bonds is 4. The number of aryl methyl sites for hydroxylation is 2. The van der Waals surface area contributed by atoms with Crippen LogP contribution in [-0.2, 0) is 25.4 Å². The number of imidazole rings is 1. The third-order valence-electron chi connectivity index (χ3n) is 4.59. The highest BCUT2D eigenvalue weighted by Gasteiger charge is 2.16. The van der Waals surface area contributed by atoms with Gasteiger partial charge in [-0.2, -0.15) is 0 Å². The van der Waals surface area contributed by atoms with Crippen molar-refractivity contribution in [3.05, 3.63) is 61.8 Å². The van der Waals surface area contributed by atoms with Gasteiger partial charge in [0.25, 0.3) is 5.56 Å². The molecule has 1 aromatic carbocycles. The predicted octanol–water partition coefficient (Wildman–Crippen LogP) is 1.50. The van der Waals surface area contributed by atoms with E-state index in [1.165, 1.54) is 29.6 Å². The average Bonchev–Trinajstić information content (AvgIpc) is 3.31. The smallest absolute Gasteiger partial charge is 0.325 e. The summed E-state index contributed by atoms with van der Waals surface area (Å²) in [7, 11) is 2.93. The van der Waals surface area contributed by atoms with Crippen molar-refractivity contribution in [1.82, 2.24) is 23.7 Å². The summed E-state index contributed by atoms with van der Waals surface area (Å²) in [5.74, 6) is -0.313. The molecule has 0 spiro atoms. The third kappa shape index (κ3) is 3.38. The lowest BCUT2D eigenvalue weighted by Crippen LogP contribution is -2.37. The molecule has 0 saturated heterocycles. The van der Waals surface area contributed by atoms with Gasteiger partial charge in [0.05, 0.1) is 17.0 Å². The van der Waals surface area contributed by atoms with Crippen LogP contribution in [-0.4, -0.2) is 29.6 Å². The van der Waals surface area contributed by atoms with Crippen molar-refractivity contribution in [2.45, 2.75) is 13.5 Å². The van der Waals surface area contributed by atoms with Crippen LogP contribution in [0.25, 0.3) is 22.4 Å². The molecule has 0 aliphatic heterocycles. The first-order valence-corrected chi connectivity index (χ1v) is 9.66. The molecule has 29 heavy (non-hydrogen) atoms. The van der Waals surface area contributed by atoms with Gasteiger partial charge in [-0.1, -0.05) is 12.1 Å². The van der Waals surface area contributed by atoms with Crippen molar-refractivity contribution in [3.8, 4) is 11.3 Å². The lowest BCUT2D eigenvalue weighted by Gasteiger charge is -2.09. The maximum Gasteiger partial charge on any atom is 0.332 e. The largest absolute Gasteiger partial charge is 0.332 e. The van der Waals surface area contributed by atoms with E-state index in [0.717, 1.165) is 20.8 Å². The Morgan fingerprint density at radius 2 is 2.00 bits per heavy atom. The summed E-state index contributed by atoms with van der Waals surface area (Å²) in [6, 6.07) is 7.41. The lowest BCUT2D eigenvalue weighted by atomic mass is 10.1. The van der Waals surface area contributed by atoms with E-state index in [2.05, 4.69) is 15.3 Å². The Bertz CT molecular complexity index is 1360. The number of nitrogens with one attached hydrogen (secondary N) is 1. The second-order valence-electron chi connectivity index (χ2n) is 6.63. The molecule has 0 fully saturated rings. The number of hydrogen-bond donors (Lipinski definition) is 1. The zero-order valence-electron chi connectivity index (χ0n) is 16.0. The van der Waals surface area contributed by atoms with Gasteiger partial charge in [-0.05, 0) is 19.1 Å². The van der Waals surface area contributed by atoms with Crippen molar-refractivity contribution >= 4 is 34.1 Å². The van der Waals surface area contributed by atoms with Gasteiger partial charge >= 0.3 is 5.69 Å². The predicted molar refractivity (Wildman–Crippen MR) is 111 cm³/mol.